The van der Waals surface area contributed by atoms with Gasteiger partial charge in [0.05, 0.1) is 16.5 Å². The molecule has 0 spiro atoms. The molecular weight excluding hydrogens is 272 g/mol. The molecule has 0 aliphatic rings. The van der Waals surface area contributed by atoms with Crippen LogP contribution in [0.5, 0.6) is 0 Å². The highest BCUT2D eigenvalue weighted by atomic mass is 16.4. The fourth-order valence-corrected chi connectivity index (χ4v) is 1.72. The summed E-state index contributed by atoms with van der Waals surface area (Å²) in [5.74, 6) is -0.896. The zero-order valence-electron chi connectivity index (χ0n) is 11.8. The first-order valence-corrected chi connectivity index (χ1v) is 6.33. The van der Waals surface area contributed by atoms with Crippen LogP contribution in [0.4, 0.5) is 5.82 Å². The van der Waals surface area contributed by atoms with E-state index in [1.807, 2.05) is 0 Å². The second-order valence-corrected chi connectivity index (χ2v) is 5.36. The van der Waals surface area contributed by atoms with Crippen molar-refractivity contribution in [3.8, 4) is 0 Å². The third-order valence-electron chi connectivity index (χ3n) is 3.25. The van der Waals surface area contributed by atoms with E-state index in [4.69, 9.17) is 10.8 Å². The predicted molar refractivity (Wildman–Crippen MR) is 78.0 cm³/mol. The molecule has 0 bridgehead atoms. The molecule has 0 aliphatic carbocycles. The van der Waals surface area contributed by atoms with Gasteiger partial charge in [-0.25, -0.2) is 14.8 Å². The minimum Gasteiger partial charge on any atom is -0.478 e. The molecule has 1 aromatic heterocycles. The van der Waals surface area contributed by atoms with Gasteiger partial charge in [0.1, 0.15) is 12.1 Å². The van der Waals surface area contributed by atoms with Gasteiger partial charge in [-0.1, -0.05) is 0 Å². The largest absolute Gasteiger partial charge is 0.478 e. The number of hydrogen-bond donors (Lipinski definition) is 3. The van der Waals surface area contributed by atoms with Crippen LogP contribution in [-0.2, 0) is 4.79 Å². The Morgan fingerprint density at radius 1 is 1.33 bits per heavy atom. The number of fused-ring (bicyclic) bond motifs is 1. The number of carboxylic acids is 1. The highest BCUT2D eigenvalue weighted by Gasteiger charge is 2.25. The molecule has 2 rings (SSSR count). The van der Waals surface area contributed by atoms with Crippen molar-refractivity contribution in [2.75, 3.05) is 11.9 Å². The summed E-state index contributed by atoms with van der Waals surface area (Å²) in [4.78, 5) is 30.4. The number of hydrogen-bond acceptors (Lipinski definition) is 5. The first kappa shape index (κ1) is 14.7. The SMILES string of the molecule is CC(C)(CNc1ncnc2cc(C(=O)O)ccc12)C(N)=O. The van der Waals surface area contributed by atoms with Gasteiger partial charge in [0.2, 0.25) is 5.91 Å². The number of nitrogens with zero attached hydrogens (tertiary/aromatic N) is 2. The van der Waals surface area contributed by atoms with Crippen molar-refractivity contribution >= 4 is 28.6 Å². The summed E-state index contributed by atoms with van der Waals surface area (Å²) in [6, 6.07) is 4.60. The summed E-state index contributed by atoms with van der Waals surface area (Å²) >= 11 is 0. The van der Waals surface area contributed by atoms with Crippen molar-refractivity contribution in [1.82, 2.24) is 9.97 Å². The quantitative estimate of drug-likeness (QED) is 0.762. The number of anilines is 1. The van der Waals surface area contributed by atoms with Crippen LogP contribution in [0.15, 0.2) is 24.5 Å². The molecule has 1 amide bonds. The minimum absolute atomic E-state index is 0.157. The highest BCUT2D eigenvalue weighted by molar-refractivity contribution is 5.96. The summed E-state index contributed by atoms with van der Waals surface area (Å²) in [7, 11) is 0. The molecule has 0 saturated carbocycles. The highest BCUT2D eigenvalue weighted by Crippen LogP contribution is 2.22. The van der Waals surface area contributed by atoms with Crippen LogP contribution < -0.4 is 11.1 Å². The molecular formula is C14H16N4O3. The van der Waals surface area contributed by atoms with Gasteiger partial charge >= 0.3 is 5.97 Å². The Balaban J connectivity index is 2.33. The number of primary amides is 1. The van der Waals surface area contributed by atoms with E-state index >= 15 is 0 Å². The minimum atomic E-state index is -1.01. The van der Waals surface area contributed by atoms with Crippen LogP contribution in [0.25, 0.3) is 10.9 Å². The average molecular weight is 288 g/mol. The Morgan fingerprint density at radius 3 is 2.67 bits per heavy atom. The molecule has 0 unspecified atom stereocenters. The van der Waals surface area contributed by atoms with Gasteiger partial charge in [0.15, 0.2) is 0 Å². The zero-order valence-corrected chi connectivity index (χ0v) is 11.8. The Labute approximate surface area is 121 Å². The van der Waals surface area contributed by atoms with Crippen LogP contribution in [-0.4, -0.2) is 33.5 Å². The Bertz CT molecular complexity index is 712. The number of carbonyl (C=O) groups excluding carboxylic acids is 1. The lowest BCUT2D eigenvalue weighted by Gasteiger charge is -2.21. The smallest absolute Gasteiger partial charge is 0.335 e. The van der Waals surface area contributed by atoms with Crippen LogP contribution in [0, 0.1) is 5.41 Å². The van der Waals surface area contributed by atoms with Crippen molar-refractivity contribution in [1.29, 1.82) is 0 Å². The number of aromatic nitrogens is 2. The number of amides is 1. The molecule has 2 aromatic rings. The van der Waals surface area contributed by atoms with E-state index in [-0.39, 0.29) is 5.56 Å². The van der Waals surface area contributed by atoms with Gasteiger partial charge in [-0.15, -0.1) is 0 Å². The average Bonchev–Trinajstić information content (AvgIpc) is 2.44. The van der Waals surface area contributed by atoms with Crippen LogP contribution in [0.1, 0.15) is 24.2 Å². The Hall–Kier alpha value is -2.70. The van der Waals surface area contributed by atoms with Gasteiger partial charge < -0.3 is 16.2 Å². The van der Waals surface area contributed by atoms with E-state index in [9.17, 15) is 9.59 Å². The van der Waals surface area contributed by atoms with Crippen LogP contribution in [0.3, 0.4) is 0 Å². The molecule has 0 aliphatic heterocycles. The number of carbonyl (C=O) groups is 2. The van der Waals surface area contributed by atoms with E-state index < -0.39 is 17.3 Å². The molecule has 7 nitrogen and oxygen atoms in total. The van der Waals surface area contributed by atoms with Crippen molar-refractivity contribution in [3.63, 3.8) is 0 Å². The third kappa shape index (κ3) is 3.07. The monoisotopic (exact) mass is 288 g/mol. The lowest BCUT2D eigenvalue weighted by molar-refractivity contribution is -0.125. The van der Waals surface area contributed by atoms with E-state index in [0.29, 0.717) is 23.3 Å². The number of carboxylic acid groups (broad SMARTS) is 1. The van der Waals surface area contributed by atoms with E-state index in [1.165, 1.54) is 18.5 Å². The van der Waals surface area contributed by atoms with Crippen molar-refractivity contribution in [2.45, 2.75) is 13.8 Å². The number of rotatable bonds is 5. The topological polar surface area (TPSA) is 118 Å². The maximum atomic E-state index is 11.3. The summed E-state index contributed by atoms with van der Waals surface area (Å²) in [5, 5.41) is 12.7. The summed E-state index contributed by atoms with van der Waals surface area (Å²) < 4.78 is 0. The van der Waals surface area contributed by atoms with Crippen molar-refractivity contribution in [3.05, 3.63) is 30.1 Å². The van der Waals surface area contributed by atoms with Crippen LogP contribution in [0.2, 0.25) is 0 Å². The predicted octanol–water partition coefficient (Wildman–Crippen LogP) is 1.25. The molecule has 21 heavy (non-hydrogen) atoms. The molecule has 0 fully saturated rings. The van der Waals surface area contributed by atoms with Crippen molar-refractivity contribution < 1.29 is 14.7 Å². The van der Waals surface area contributed by atoms with E-state index in [1.54, 1.807) is 19.9 Å². The standard InChI is InChI=1S/C14H16N4O3/c1-14(2,13(15)21)6-16-11-9-4-3-8(12(19)20)5-10(9)17-7-18-11/h3-5,7H,6H2,1-2H3,(H2,15,21)(H,19,20)(H,16,17,18). The molecule has 110 valence electrons. The second-order valence-electron chi connectivity index (χ2n) is 5.36. The first-order valence-electron chi connectivity index (χ1n) is 6.33. The summed E-state index contributed by atoms with van der Waals surface area (Å²) in [6.45, 7) is 3.78. The lowest BCUT2D eigenvalue weighted by atomic mass is 9.93. The summed E-state index contributed by atoms with van der Waals surface area (Å²) in [6.07, 6.45) is 1.34. The van der Waals surface area contributed by atoms with Gasteiger partial charge in [-0.3, -0.25) is 4.79 Å². The Kier molecular flexibility index (Phi) is 3.75. The van der Waals surface area contributed by atoms with E-state index in [0.717, 1.165) is 0 Å². The third-order valence-corrected chi connectivity index (χ3v) is 3.25. The normalized spacial score (nSPS) is 11.3. The van der Waals surface area contributed by atoms with Gasteiger partial charge in [-0.2, -0.15) is 0 Å². The maximum Gasteiger partial charge on any atom is 0.335 e. The molecule has 0 atom stereocenters. The van der Waals surface area contributed by atoms with Crippen molar-refractivity contribution in [2.24, 2.45) is 11.1 Å². The molecule has 1 heterocycles. The van der Waals surface area contributed by atoms with Gasteiger partial charge in [-0.05, 0) is 32.0 Å². The number of aromatic carboxylic acids is 1. The zero-order chi connectivity index (χ0) is 15.6. The molecule has 0 saturated heterocycles. The molecule has 1 aromatic carbocycles. The molecule has 0 radical (unpaired) electrons. The maximum absolute atomic E-state index is 11.3. The fourth-order valence-electron chi connectivity index (χ4n) is 1.72. The van der Waals surface area contributed by atoms with Gasteiger partial charge in [0.25, 0.3) is 0 Å². The molecule has 7 heteroatoms. The first-order chi connectivity index (χ1) is 9.81. The lowest BCUT2D eigenvalue weighted by Crippen LogP contribution is -2.37. The molecule has 4 N–H and O–H groups in total. The van der Waals surface area contributed by atoms with Gasteiger partial charge in [0, 0.05) is 11.9 Å². The number of benzene rings is 1. The van der Waals surface area contributed by atoms with E-state index in [2.05, 4.69) is 15.3 Å². The number of nitrogens with one attached hydrogen (secondary N) is 1. The second kappa shape index (κ2) is 5.35. The Morgan fingerprint density at radius 2 is 2.05 bits per heavy atom. The summed E-state index contributed by atoms with van der Waals surface area (Å²) in [5.41, 5.74) is 5.27. The number of nitrogens with two attached hydrogens (primary N) is 1. The van der Waals surface area contributed by atoms with Crippen LogP contribution >= 0.6 is 0 Å². The fraction of sp³-hybridized carbons (Fsp3) is 0.286.